The molecule has 1 aliphatic rings. The fraction of sp³-hybridized carbons (Fsp3) is 0.300. The van der Waals surface area contributed by atoms with E-state index in [-0.39, 0.29) is 23.8 Å². The van der Waals surface area contributed by atoms with Crippen LogP contribution in [-0.4, -0.2) is 47.2 Å². The zero-order valence-corrected chi connectivity index (χ0v) is 16.6. The van der Waals surface area contributed by atoms with Gasteiger partial charge in [0.15, 0.2) is 5.65 Å². The van der Waals surface area contributed by atoms with Gasteiger partial charge in [-0.3, -0.25) is 9.78 Å². The molecule has 1 saturated heterocycles. The summed E-state index contributed by atoms with van der Waals surface area (Å²) < 4.78 is 41.7. The molecule has 0 saturated carbocycles. The highest BCUT2D eigenvalue weighted by molar-refractivity contribution is 5.56. The molecule has 0 N–H and O–H groups in total. The Morgan fingerprint density at radius 3 is 2.72 bits per heavy atom. The van der Waals surface area contributed by atoms with E-state index in [1.165, 1.54) is 16.8 Å². The van der Waals surface area contributed by atoms with Crippen molar-refractivity contribution in [2.75, 3.05) is 11.4 Å². The highest BCUT2D eigenvalue weighted by Crippen LogP contribution is 2.29. The molecule has 164 valence electrons. The number of fused-ring (bicyclic) bond motifs is 1. The molecule has 9 nitrogen and oxygen atoms in total. The van der Waals surface area contributed by atoms with Gasteiger partial charge in [0, 0.05) is 30.6 Å². The number of aromatic nitrogens is 7. The molecule has 5 rings (SSSR count). The van der Waals surface area contributed by atoms with Crippen molar-refractivity contribution in [3.05, 3.63) is 65.0 Å². The molecular formula is C20H17F3N8O. The molecule has 1 fully saturated rings. The summed E-state index contributed by atoms with van der Waals surface area (Å²) in [6, 6.07) is 9.64. The molecule has 32 heavy (non-hydrogen) atoms. The first-order chi connectivity index (χ1) is 15.4. The minimum absolute atomic E-state index is 0.0129. The topological polar surface area (TPSA) is 94.1 Å². The maximum absolute atomic E-state index is 13.2. The highest BCUT2D eigenvalue weighted by atomic mass is 19.4. The first-order valence-corrected chi connectivity index (χ1v) is 9.95. The van der Waals surface area contributed by atoms with Gasteiger partial charge in [-0.2, -0.15) is 22.8 Å². The third-order valence-corrected chi connectivity index (χ3v) is 5.38. The molecule has 4 aromatic rings. The lowest BCUT2D eigenvalue weighted by atomic mass is 10.2. The molecule has 0 amide bonds. The van der Waals surface area contributed by atoms with E-state index in [2.05, 4.69) is 25.4 Å². The molecule has 0 bridgehead atoms. The van der Waals surface area contributed by atoms with Gasteiger partial charge in [0.2, 0.25) is 0 Å². The second kappa shape index (κ2) is 7.70. The Kier molecular flexibility index (Phi) is 4.83. The molecular weight excluding hydrogens is 425 g/mol. The van der Waals surface area contributed by atoms with Crippen LogP contribution in [0, 0.1) is 0 Å². The van der Waals surface area contributed by atoms with Crippen LogP contribution in [0.25, 0.3) is 16.9 Å². The van der Waals surface area contributed by atoms with Crippen molar-refractivity contribution in [2.24, 2.45) is 0 Å². The first kappa shape index (κ1) is 20.1. The van der Waals surface area contributed by atoms with Gasteiger partial charge < -0.3 is 4.90 Å². The van der Waals surface area contributed by atoms with Crippen molar-refractivity contribution >= 4 is 11.5 Å². The summed E-state index contributed by atoms with van der Waals surface area (Å²) in [6.45, 7) is 0.880. The van der Waals surface area contributed by atoms with Crippen LogP contribution in [0.4, 0.5) is 19.0 Å². The lowest BCUT2D eigenvalue weighted by Gasteiger charge is -2.26. The Morgan fingerprint density at radius 2 is 1.94 bits per heavy atom. The average molecular weight is 442 g/mol. The van der Waals surface area contributed by atoms with Crippen LogP contribution < -0.4 is 10.5 Å². The van der Waals surface area contributed by atoms with Gasteiger partial charge in [-0.25, -0.2) is 4.68 Å². The van der Waals surface area contributed by atoms with E-state index in [1.807, 2.05) is 11.0 Å². The van der Waals surface area contributed by atoms with Crippen molar-refractivity contribution in [3.63, 3.8) is 0 Å². The molecule has 1 aliphatic heterocycles. The van der Waals surface area contributed by atoms with Crippen molar-refractivity contribution in [1.29, 1.82) is 0 Å². The highest BCUT2D eigenvalue weighted by Gasteiger charge is 2.38. The van der Waals surface area contributed by atoms with Crippen molar-refractivity contribution in [3.8, 4) is 11.3 Å². The maximum Gasteiger partial charge on any atom is 0.453 e. The maximum atomic E-state index is 13.2. The Labute approximate surface area is 179 Å². The monoisotopic (exact) mass is 442 g/mol. The molecule has 0 spiro atoms. The Bertz CT molecular complexity index is 1320. The van der Waals surface area contributed by atoms with Crippen LogP contribution in [-0.2, 0) is 12.7 Å². The summed E-state index contributed by atoms with van der Waals surface area (Å²) in [5.41, 5.74) is 1.15. The minimum atomic E-state index is -4.67. The van der Waals surface area contributed by atoms with Crippen LogP contribution in [0.3, 0.4) is 0 Å². The van der Waals surface area contributed by atoms with Crippen LogP contribution in [0.5, 0.6) is 0 Å². The van der Waals surface area contributed by atoms with E-state index >= 15 is 0 Å². The van der Waals surface area contributed by atoms with Crippen molar-refractivity contribution in [2.45, 2.75) is 31.6 Å². The number of alkyl halides is 3. The fourth-order valence-corrected chi connectivity index (χ4v) is 3.88. The predicted octanol–water partition coefficient (Wildman–Crippen LogP) is 2.43. The van der Waals surface area contributed by atoms with Gasteiger partial charge in [0.1, 0.15) is 5.82 Å². The van der Waals surface area contributed by atoms with Crippen LogP contribution >= 0.6 is 0 Å². The van der Waals surface area contributed by atoms with E-state index in [0.717, 1.165) is 18.4 Å². The zero-order valence-electron chi connectivity index (χ0n) is 16.6. The summed E-state index contributed by atoms with van der Waals surface area (Å²) in [5, 5.41) is 15.4. The summed E-state index contributed by atoms with van der Waals surface area (Å²) in [4.78, 5) is 18.4. The number of pyridine rings is 1. The molecule has 4 aromatic heterocycles. The zero-order chi connectivity index (χ0) is 22.3. The quantitative estimate of drug-likeness (QED) is 0.479. The fourth-order valence-electron chi connectivity index (χ4n) is 3.88. The van der Waals surface area contributed by atoms with Crippen LogP contribution in [0.15, 0.2) is 53.6 Å². The summed E-state index contributed by atoms with van der Waals surface area (Å²) >= 11 is 0. The van der Waals surface area contributed by atoms with E-state index in [9.17, 15) is 18.0 Å². The van der Waals surface area contributed by atoms with Gasteiger partial charge in [-0.05, 0) is 43.2 Å². The van der Waals surface area contributed by atoms with Crippen molar-refractivity contribution < 1.29 is 13.2 Å². The Hall–Kier alpha value is -3.83. The Morgan fingerprint density at radius 1 is 1.06 bits per heavy atom. The summed E-state index contributed by atoms with van der Waals surface area (Å²) in [5.74, 6) is -0.811. The summed E-state index contributed by atoms with van der Waals surface area (Å²) in [7, 11) is 0. The third kappa shape index (κ3) is 3.67. The number of nitrogens with zero attached hydrogens (tertiary/aromatic N) is 8. The van der Waals surface area contributed by atoms with E-state index in [0.29, 0.717) is 22.6 Å². The Balaban J connectivity index is 1.45. The molecule has 1 atom stereocenters. The number of halogens is 3. The molecule has 5 heterocycles. The van der Waals surface area contributed by atoms with E-state index in [4.69, 9.17) is 0 Å². The number of hydrogen-bond donors (Lipinski definition) is 0. The van der Waals surface area contributed by atoms with Gasteiger partial charge in [-0.15, -0.1) is 15.3 Å². The SMILES string of the molecule is O=c1ccc(-c2cccnc2)nn1CC1CCCN1c1ccc2nnc(C(F)(F)F)n2n1. The van der Waals surface area contributed by atoms with Crippen LogP contribution in [0.1, 0.15) is 18.7 Å². The average Bonchev–Trinajstić information content (AvgIpc) is 3.42. The van der Waals surface area contributed by atoms with Crippen LogP contribution in [0.2, 0.25) is 0 Å². The number of anilines is 1. The normalized spacial score (nSPS) is 16.7. The largest absolute Gasteiger partial charge is 0.453 e. The lowest BCUT2D eigenvalue weighted by molar-refractivity contribution is -0.146. The standard InChI is InChI=1S/C20H17F3N8O/c21-20(22,23)19-26-25-16-6-7-17(28-31(16)19)29-10-2-4-14(29)12-30-18(32)8-5-15(27-30)13-3-1-9-24-11-13/h1,3,5-9,11,14H,2,4,10,12H2. The second-order valence-electron chi connectivity index (χ2n) is 7.45. The number of hydrogen-bond acceptors (Lipinski definition) is 7. The predicted molar refractivity (Wildman–Crippen MR) is 108 cm³/mol. The van der Waals surface area contributed by atoms with Gasteiger partial charge in [0.05, 0.1) is 18.3 Å². The number of rotatable bonds is 4. The van der Waals surface area contributed by atoms with Gasteiger partial charge in [0.25, 0.3) is 11.4 Å². The third-order valence-electron chi connectivity index (χ3n) is 5.38. The second-order valence-corrected chi connectivity index (χ2v) is 7.45. The lowest BCUT2D eigenvalue weighted by Crippen LogP contribution is -2.37. The van der Waals surface area contributed by atoms with Gasteiger partial charge >= 0.3 is 6.18 Å². The molecule has 1 unspecified atom stereocenters. The van der Waals surface area contributed by atoms with Gasteiger partial charge in [-0.1, -0.05) is 0 Å². The summed E-state index contributed by atoms with van der Waals surface area (Å²) in [6.07, 6.45) is 0.212. The van der Waals surface area contributed by atoms with E-state index < -0.39 is 12.0 Å². The molecule has 12 heteroatoms. The van der Waals surface area contributed by atoms with Crippen molar-refractivity contribution in [1.82, 2.24) is 34.6 Å². The van der Waals surface area contributed by atoms with E-state index in [1.54, 1.807) is 30.6 Å². The first-order valence-electron chi connectivity index (χ1n) is 9.95. The smallest absolute Gasteiger partial charge is 0.350 e. The molecule has 0 aromatic carbocycles. The molecule has 0 aliphatic carbocycles. The molecule has 0 radical (unpaired) electrons. The minimum Gasteiger partial charge on any atom is -0.350 e.